The van der Waals surface area contributed by atoms with Crippen molar-refractivity contribution in [2.24, 2.45) is 0 Å². The van der Waals surface area contributed by atoms with Crippen LogP contribution in [0.1, 0.15) is 20.3 Å². The van der Waals surface area contributed by atoms with Crippen LogP contribution in [0, 0.1) is 5.82 Å². The first-order valence-corrected chi connectivity index (χ1v) is 6.30. The molecule has 17 heavy (non-hydrogen) atoms. The monoisotopic (exact) mass is 302 g/mol. The Bertz CT molecular complexity index is 398. The zero-order valence-corrected chi connectivity index (χ0v) is 11.5. The lowest BCUT2D eigenvalue weighted by molar-refractivity contribution is -0.116. The molecule has 0 heterocycles. The third kappa shape index (κ3) is 4.83. The Morgan fingerprint density at radius 2 is 2.24 bits per heavy atom. The smallest absolute Gasteiger partial charge is 0.225 e. The minimum atomic E-state index is -0.337. The molecule has 1 amide bonds. The number of halogens is 2. The van der Waals surface area contributed by atoms with E-state index in [-0.39, 0.29) is 17.8 Å². The van der Waals surface area contributed by atoms with Crippen molar-refractivity contribution in [1.82, 2.24) is 5.32 Å². The summed E-state index contributed by atoms with van der Waals surface area (Å²) in [6.07, 6.45) is 0.387. The molecule has 0 aliphatic rings. The highest BCUT2D eigenvalue weighted by Crippen LogP contribution is 2.23. The van der Waals surface area contributed by atoms with Gasteiger partial charge in [-0.25, -0.2) is 4.39 Å². The van der Waals surface area contributed by atoms with Crippen LogP contribution < -0.4 is 10.6 Å². The minimum absolute atomic E-state index is 0.0919. The van der Waals surface area contributed by atoms with Crippen molar-refractivity contribution in [2.45, 2.75) is 26.3 Å². The van der Waals surface area contributed by atoms with E-state index in [0.29, 0.717) is 16.6 Å². The second-order valence-electron chi connectivity index (χ2n) is 3.84. The number of hydrogen-bond acceptors (Lipinski definition) is 2. The number of anilines is 1. The van der Waals surface area contributed by atoms with Gasteiger partial charge in [0.25, 0.3) is 0 Å². The maximum atomic E-state index is 12.8. The summed E-state index contributed by atoms with van der Waals surface area (Å²) in [6, 6.07) is 4.30. The molecule has 0 aliphatic carbocycles. The van der Waals surface area contributed by atoms with E-state index in [1.807, 2.05) is 13.8 Å². The summed E-state index contributed by atoms with van der Waals surface area (Å²) in [4.78, 5) is 11.7. The Morgan fingerprint density at radius 3 is 2.82 bits per heavy atom. The molecule has 1 rings (SSSR count). The second kappa shape index (κ2) is 6.71. The first-order chi connectivity index (χ1) is 8.02. The lowest BCUT2D eigenvalue weighted by Gasteiger charge is -2.12. The lowest BCUT2D eigenvalue weighted by Crippen LogP contribution is -2.30. The van der Waals surface area contributed by atoms with Crippen molar-refractivity contribution >= 4 is 27.5 Å². The first kappa shape index (κ1) is 14.1. The molecule has 0 aliphatic heterocycles. The normalized spacial score (nSPS) is 12.2. The number of amides is 1. The highest BCUT2D eigenvalue weighted by molar-refractivity contribution is 9.10. The van der Waals surface area contributed by atoms with Crippen LogP contribution in [0.2, 0.25) is 0 Å². The molecule has 0 radical (unpaired) electrons. The van der Waals surface area contributed by atoms with Crippen LogP contribution in [0.5, 0.6) is 0 Å². The van der Waals surface area contributed by atoms with Gasteiger partial charge in [0.05, 0.1) is 5.69 Å². The number of rotatable bonds is 5. The van der Waals surface area contributed by atoms with Gasteiger partial charge in [-0.3, -0.25) is 4.79 Å². The molecule has 94 valence electrons. The molecule has 3 nitrogen and oxygen atoms in total. The van der Waals surface area contributed by atoms with E-state index in [9.17, 15) is 9.18 Å². The number of carbonyl (C=O) groups excluding carboxylic acids is 1. The molecule has 0 fully saturated rings. The quantitative estimate of drug-likeness (QED) is 0.878. The van der Waals surface area contributed by atoms with Gasteiger partial charge in [0, 0.05) is 16.9 Å². The van der Waals surface area contributed by atoms with Gasteiger partial charge in [-0.15, -0.1) is 0 Å². The van der Waals surface area contributed by atoms with Crippen LogP contribution in [-0.2, 0) is 4.79 Å². The Labute approximate surface area is 109 Å². The first-order valence-electron chi connectivity index (χ1n) is 5.51. The summed E-state index contributed by atoms with van der Waals surface area (Å²) >= 11 is 3.20. The van der Waals surface area contributed by atoms with Crippen LogP contribution in [0.15, 0.2) is 22.7 Å². The van der Waals surface area contributed by atoms with Crippen molar-refractivity contribution in [3.63, 3.8) is 0 Å². The summed E-state index contributed by atoms with van der Waals surface area (Å²) in [5.41, 5.74) is 0.583. The lowest BCUT2D eigenvalue weighted by atomic mass is 10.2. The fourth-order valence-electron chi connectivity index (χ4n) is 1.49. The Morgan fingerprint density at radius 1 is 1.53 bits per heavy atom. The Balaban J connectivity index is 2.56. The molecular weight excluding hydrogens is 287 g/mol. The van der Waals surface area contributed by atoms with E-state index in [4.69, 9.17) is 0 Å². The van der Waals surface area contributed by atoms with E-state index in [1.165, 1.54) is 18.2 Å². The third-order valence-electron chi connectivity index (χ3n) is 2.25. The van der Waals surface area contributed by atoms with Gasteiger partial charge in [0.2, 0.25) is 5.91 Å². The number of nitrogens with one attached hydrogen (secondary N) is 2. The zero-order chi connectivity index (χ0) is 12.8. The Kier molecular flexibility index (Phi) is 5.58. The van der Waals surface area contributed by atoms with E-state index in [0.717, 1.165) is 6.54 Å². The molecular formula is C12H16BrFN2O. The maximum Gasteiger partial charge on any atom is 0.225 e. The van der Waals surface area contributed by atoms with Crippen LogP contribution in [-0.4, -0.2) is 18.5 Å². The third-order valence-corrected chi connectivity index (χ3v) is 2.91. The molecule has 2 N–H and O–H groups in total. The van der Waals surface area contributed by atoms with E-state index in [1.54, 1.807) is 0 Å². The maximum absolute atomic E-state index is 12.8. The molecule has 0 saturated heterocycles. The fourth-order valence-corrected chi connectivity index (χ4v) is 1.94. The highest BCUT2D eigenvalue weighted by Gasteiger charge is 2.10. The number of carbonyl (C=O) groups is 1. The summed E-state index contributed by atoms with van der Waals surface area (Å²) in [5, 5.41) is 5.89. The van der Waals surface area contributed by atoms with E-state index < -0.39 is 0 Å². The van der Waals surface area contributed by atoms with Crippen molar-refractivity contribution < 1.29 is 9.18 Å². The molecule has 0 spiro atoms. The highest BCUT2D eigenvalue weighted by atomic mass is 79.9. The van der Waals surface area contributed by atoms with Gasteiger partial charge in [-0.1, -0.05) is 6.92 Å². The average molecular weight is 303 g/mol. The summed E-state index contributed by atoms with van der Waals surface area (Å²) < 4.78 is 13.4. The van der Waals surface area contributed by atoms with Crippen LogP contribution in [0.3, 0.4) is 0 Å². The van der Waals surface area contributed by atoms with Crippen molar-refractivity contribution in [3.05, 3.63) is 28.5 Å². The minimum Gasteiger partial charge on any atom is -0.325 e. The number of hydrogen-bond donors (Lipinski definition) is 2. The predicted octanol–water partition coefficient (Wildman–Crippen LogP) is 2.91. The molecule has 1 aromatic rings. The Hall–Kier alpha value is -0.940. The summed E-state index contributed by atoms with van der Waals surface area (Å²) in [5.74, 6) is -0.429. The zero-order valence-electron chi connectivity index (χ0n) is 9.89. The predicted molar refractivity (Wildman–Crippen MR) is 70.5 cm³/mol. The summed E-state index contributed by atoms with van der Waals surface area (Å²) in [7, 11) is 0. The molecule has 5 heteroatoms. The van der Waals surface area contributed by atoms with Crippen LogP contribution in [0.25, 0.3) is 0 Å². The van der Waals surface area contributed by atoms with Crippen molar-refractivity contribution in [3.8, 4) is 0 Å². The van der Waals surface area contributed by atoms with Gasteiger partial charge >= 0.3 is 0 Å². The largest absolute Gasteiger partial charge is 0.325 e. The molecule has 0 saturated carbocycles. The second-order valence-corrected chi connectivity index (χ2v) is 4.69. The topological polar surface area (TPSA) is 41.1 Å². The van der Waals surface area contributed by atoms with Gasteiger partial charge < -0.3 is 10.6 Å². The van der Waals surface area contributed by atoms with Gasteiger partial charge in [0.15, 0.2) is 0 Å². The average Bonchev–Trinajstić information content (AvgIpc) is 2.22. The standard InChI is InChI=1S/C12H16BrFN2O/c1-3-15-8(2)6-12(17)16-11-5-4-9(14)7-10(11)13/h4-5,7-8,15H,3,6H2,1-2H3,(H,16,17). The molecule has 0 bridgehead atoms. The van der Waals surface area contributed by atoms with E-state index >= 15 is 0 Å². The fraction of sp³-hybridized carbons (Fsp3) is 0.417. The molecule has 0 aromatic heterocycles. The van der Waals surface area contributed by atoms with Crippen molar-refractivity contribution in [1.29, 1.82) is 0 Å². The van der Waals surface area contributed by atoms with Crippen molar-refractivity contribution in [2.75, 3.05) is 11.9 Å². The van der Waals surface area contributed by atoms with Gasteiger partial charge in [-0.05, 0) is 47.6 Å². The molecule has 1 atom stereocenters. The van der Waals surface area contributed by atoms with Crippen LogP contribution in [0.4, 0.5) is 10.1 Å². The molecule has 1 aromatic carbocycles. The van der Waals surface area contributed by atoms with E-state index in [2.05, 4.69) is 26.6 Å². The number of benzene rings is 1. The molecule has 1 unspecified atom stereocenters. The van der Waals surface area contributed by atoms with Gasteiger partial charge in [0.1, 0.15) is 5.82 Å². The van der Waals surface area contributed by atoms with Crippen LogP contribution >= 0.6 is 15.9 Å². The van der Waals surface area contributed by atoms with Gasteiger partial charge in [-0.2, -0.15) is 0 Å². The SMILES string of the molecule is CCNC(C)CC(=O)Nc1ccc(F)cc1Br. The summed E-state index contributed by atoms with van der Waals surface area (Å²) in [6.45, 7) is 4.77.